The van der Waals surface area contributed by atoms with Crippen LogP contribution >= 0.6 is 0 Å². The van der Waals surface area contributed by atoms with Gasteiger partial charge in [-0.1, -0.05) is 97.1 Å². The predicted molar refractivity (Wildman–Crippen MR) is 178 cm³/mol. The Morgan fingerprint density at radius 1 is 0.318 bits per heavy atom. The highest BCUT2D eigenvalue weighted by Gasteiger charge is 2.13. The molecule has 0 fully saturated rings. The Morgan fingerprint density at radius 3 is 1.41 bits per heavy atom. The van der Waals surface area contributed by atoms with E-state index in [1.807, 2.05) is 91.1 Å². The monoisotopic (exact) mass is 563 g/mol. The van der Waals surface area contributed by atoms with Gasteiger partial charge in [0.2, 0.25) is 0 Å². The molecule has 0 saturated heterocycles. The van der Waals surface area contributed by atoms with Crippen LogP contribution in [0, 0.1) is 0 Å². The molecule has 0 unspecified atom stereocenters. The summed E-state index contributed by atoms with van der Waals surface area (Å²) in [6, 6.07) is 47.5. The van der Waals surface area contributed by atoms with Gasteiger partial charge in [0.15, 0.2) is 17.5 Å². The van der Waals surface area contributed by atoms with Crippen LogP contribution < -0.4 is 0 Å². The highest BCUT2D eigenvalue weighted by atomic mass is 15.0. The van der Waals surface area contributed by atoms with E-state index in [2.05, 4.69) is 64.6 Å². The zero-order valence-corrected chi connectivity index (χ0v) is 23.7. The topological polar surface area (TPSA) is 64.5 Å². The van der Waals surface area contributed by atoms with Crippen molar-refractivity contribution in [3.05, 3.63) is 152 Å². The summed E-state index contributed by atoms with van der Waals surface area (Å²) in [6.07, 6.45) is 3.70. The van der Waals surface area contributed by atoms with Crippen LogP contribution in [0.15, 0.2) is 152 Å². The van der Waals surface area contributed by atoms with Gasteiger partial charge in [0, 0.05) is 34.6 Å². The second kappa shape index (κ2) is 11.0. The molecule has 8 rings (SSSR count). The summed E-state index contributed by atoms with van der Waals surface area (Å²) in [5.41, 5.74) is 6.79. The normalized spacial score (nSPS) is 11.2. The number of rotatable bonds is 5. The summed E-state index contributed by atoms with van der Waals surface area (Å²) in [4.78, 5) is 23.7. The molecule has 8 aromatic rings. The molecule has 206 valence electrons. The second-order valence-corrected chi connectivity index (χ2v) is 10.7. The fourth-order valence-electron chi connectivity index (χ4n) is 5.48. The molecule has 3 heterocycles. The molecular weight excluding hydrogens is 538 g/mol. The van der Waals surface area contributed by atoms with Crippen LogP contribution in [0.4, 0.5) is 0 Å². The van der Waals surface area contributed by atoms with Crippen molar-refractivity contribution in [3.63, 3.8) is 0 Å². The van der Waals surface area contributed by atoms with E-state index in [0.29, 0.717) is 17.5 Å². The summed E-state index contributed by atoms with van der Waals surface area (Å²) in [7, 11) is 0. The Morgan fingerprint density at radius 2 is 0.841 bits per heavy atom. The van der Waals surface area contributed by atoms with Gasteiger partial charge in [0.1, 0.15) is 0 Å². The van der Waals surface area contributed by atoms with Gasteiger partial charge in [-0.15, -0.1) is 0 Å². The van der Waals surface area contributed by atoms with E-state index in [1.165, 1.54) is 10.8 Å². The maximum absolute atomic E-state index is 4.91. The van der Waals surface area contributed by atoms with Crippen LogP contribution in [-0.2, 0) is 0 Å². The van der Waals surface area contributed by atoms with Crippen LogP contribution in [0.1, 0.15) is 0 Å². The Hall–Kier alpha value is -6.07. The molecule has 3 aromatic heterocycles. The van der Waals surface area contributed by atoms with Crippen molar-refractivity contribution in [1.29, 1.82) is 0 Å². The van der Waals surface area contributed by atoms with Gasteiger partial charge in [-0.2, -0.15) is 0 Å². The lowest BCUT2D eigenvalue weighted by Gasteiger charge is -2.10. The predicted octanol–water partition coefficient (Wildman–Crippen LogP) is 9.30. The summed E-state index contributed by atoms with van der Waals surface area (Å²) in [5.74, 6) is 1.96. The molecule has 0 aliphatic heterocycles. The molecule has 0 radical (unpaired) electrons. The van der Waals surface area contributed by atoms with Gasteiger partial charge in [0.05, 0.1) is 11.4 Å². The average molecular weight is 564 g/mol. The minimum atomic E-state index is 0.650. The third-order valence-corrected chi connectivity index (χ3v) is 7.78. The van der Waals surface area contributed by atoms with Gasteiger partial charge in [-0.05, 0) is 69.6 Å². The fourth-order valence-corrected chi connectivity index (χ4v) is 5.48. The zero-order valence-electron chi connectivity index (χ0n) is 23.7. The van der Waals surface area contributed by atoms with Gasteiger partial charge in [0.25, 0.3) is 0 Å². The standard InChI is InChI=1S/C39H25N5/c1-3-9-26(10-4-1)37-42-38(27-11-5-2-6-12-27)44-39(43-37)31-17-16-30-22-33-21-28(14-15-29(33)23-34(30)24-31)32-18-19-36(41-25-32)35-13-7-8-20-40-35/h1-25H. The van der Waals surface area contributed by atoms with Crippen molar-refractivity contribution in [2.24, 2.45) is 0 Å². The molecule has 0 aliphatic rings. The lowest BCUT2D eigenvalue weighted by atomic mass is 9.98. The molecule has 0 amide bonds. The maximum Gasteiger partial charge on any atom is 0.164 e. The minimum Gasteiger partial charge on any atom is -0.255 e. The van der Waals surface area contributed by atoms with E-state index >= 15 is 0 Å². The number of nitrogens with zero attached hydrogens (tertiary/aromatic N) is 5. The highest BCUT2D eigenvalue weighted by Crippen LogP contribution is 2.31. The van der Waals surface area contributed by atoms with Gasteiger partial charge < -0.3 is 0 Å². The van der Waals surface area contributed by atoms with E-state index < -0.39 is 0 Å². The molecule has 5 heteroatoms. The van der Waals surface area contributed by atoms with Crippen molar-refractivity contribution in [2.45, 2.75) is 0 Å². The van der Waals surface area contributed by atoms with Crippen LogP contribution in [0.3, 0.4) is 0 Å². The number of benzene rings is 5. The molecule has 0 bridgehead atoms. The Labute approximate surface area is 254 Å². The van der Waals surface area contributed by atoms with Gasteiger partial charge in [-0.25, -0.2) is 15.0 Å². The van der Waals surface area contributed by atoms with Crippen molar-refractivity contribution in [1.82, 2.24) is 24.9 Å². The van der Waals surface area contributed by atoms with Crippen LogP contribution in [0.5, 0.6) is 0 Å². The first kappa shape index (κ1) is 25.6. The van der Waals surface area contributed by atoms with E-state index in [9.17, 15) is 0 Å². The first-order chi connectivity index (χ1) is 21.8. The van der Waals surface area contributed by atoms with Crippen molar-refractivity contribution < 1.29 is 0 Å². The Kier molecular flexibility index (Phi) is 6.39. The number of hydrogen-bond donors (Lipinski definition) is 0. The molecular formula is C39H25N5. The van der Waals surface area contributed by atoms with Crippen LogP contribution in [0.25, 0.3) is 78.2 Å². The Balaban J connectivity index is 1.17. The molecule has 0 aliphatic carbocycles. The number of fused-ring (bicyclic) bond motifs is 2. The quantitative estimate of drug-likeness (QED) is 0.195. The third kappa shape index (κ3) is 4.97. The van der Waals surface area contributed by atoms with Crippen molar-refractivity contribution >= 4 is 21.5 Å². The Bertz CT molecular complexity index is 2190. The van der Waals surface area contributed by atoms with Crippen LogP contribution in [-0.4, -0.2) is 24.9 Å². The number of aromatic nitrogens is 5. The molecule has 0 saturated carbocycles. The average Bonchev–Trinajstić information content (AvgIpc) is 3.11. The maximum atomic E-state index is 4.91. The number of pyridine rings is 2. The van der Waals surface area contributed by atoms with E-state index in [4.69, 9.17) is 15.0 Å². The van der Waals surface area contributed by atoms with Crippen molar-refractivity contribution in [2.75, 3.05) is 0 Å². The van der Waals surface area contributed by atoms with Gasteiger partial charge >= 0.3 is 0 Å². The lowest BCUT2D eigenvalue weighted by Crippen LogP contribution is -2.00. The van der Waals surface area contributed by atoms with E-state index in [0.717, 1.165) is 50.0 Å². The molecule has 5 nitrogen and oxygen atoms in total. The number of hydrogen-bond acceptors (Lipinski definition) is 5. The summed E-state index contributed by atoms with van der Waals surface area (Å²) in [6.45, 7) is 0. The first-order valence-corrected chi connectivity index (χ1v) is 14.5. The van der Waals surface area contributed by atoms with Crippen molar-refractivity contribution in [3.8, 4) is 56.7 Å². The SMILES string of the molecule is c1ccc(-c2nc(-c3ccccc3)nc(-c3ccc4cc5cc(-c6ccc(-c7ccccn7)nc6)ccc5cc4c3)n2)cc1. The van der Waals surface area contributed by atoms with Gasteiger partial charge in [-0.3, -0.25) is 9.97 Å². The summed E-state index contributed by atoms with van der Waals surface area (Å²) >= 11 is 0. The zero-order chi connectivity index (χ0) is 29.3. The summed E-state index contributed by atoms with van der Waals surface area (Å²) < 4.78 is 0. The molecule has 44 heavy (non-hydrogen) atoms. The van der Waals surface area contributed by atoms with Crippen LogP contribution in [0.2, 0.25) is 0 Å². The molecule has 5 aromatic carbocycles. The molecule has 0 spiro atoms. The first-order valence-electron chi connectivity index (χ1n) is 14.5. The molecule has 0 atom stereocenters. The second-order valence-electron chi connectivity index (χ2n) is 10.7. The lowest BCUT2D eigenvalue weighted by molar-refractivity contribution is 1.07. The third-order valence-electron chi connectivity index (χ3n) is 7.78. The molecule has 0 N–H and O–H groups in total. The highest BCUT2D eigenvalue weighted by molar-refractivity contribution is 6.01. The summed E-state index contributed by atoms with van der Waals surface area (Å²) in [5, 5.41) is 4.63. The minimum absolute atomic E-state index is 0.650. The van der Waals surface area contributed by atoms with E-state index in [1.54, 1.807) is 6.20 Å². The fraction of sp³-hybridized carbons (Fsp3) is 0. The largest absolute Gasteiger partial charge is 0.255 e. The smallest absolute Gasteiger partial charge is 0.164 e. The van der Waals surface area contributed by atoms with E-state index in [-0.39, 0.29) is 0 Å².